The van der Waals surface area contributed by atoms with E-state index in [1.165, 1.54) is 7.05 Å². The zero-order valence-corrected chi connectivity index (χ0v) is 8.63. The van der Waals surface area contributed by atoms with Crippen molar-refractivity contribution in [2.75, 3.05) is 34.2 Å². The summed E-state index contributed by atoms with van der Waals surface area (Å²) in [6.07, 6.45) is 0.792. The van der Waals surface area contributed by atoms with Crippen molar-refractivity contribution in [1.29, 1.82) is 0 Å². The van der Waals surface area contributed by atoms with E-state index in [2.05, 4.69) is 0 Å². The Labute approximate surface area is 74.3 Å². The van der Waals surface area contributed by atoms with E-state index in [4.69, 9.17) is 5.14 Å². The Balaban J connectivity index is 3.66. The minimum Gasteiger partial charge on any atom is -0.309 e. The first-order valence-corrected chi connectivity index (χ1v) is 5.23. The minimum absolute atomic E-state index is 0.469. The minimum atomic E-state index is -3.49. The van der Waals surface area contributed by atoms with Gasteiger partial charge in [0.05, 0.1) is 0 Å². The average molecular weight is 195 g/mol. The van der Waals surface area contributed by atoms with Crippen LogP contribution in [-0.4, -0.2) is 51.9 Å². The van der Waals surface area contributed by atoms with Crippen molar-refractivity contribution in [2.24, 2.45) is 5.14 Å². The van der Waals surface area contributed by atoms with E-state index in [9.17, 15) is 8.42 Å². The van der Waals surface area contributed by atoms with Gasteiger partial charge >= 0.3 is 0 Å². The van der Waals surface area contributed by atoms with Crippen LogP contribution >= 0.6 is 0 Å². The maximum absolute atomic E-state index is 10.7. The lowest BCUT2D eigenvalue weighted by Gasteiger charge is -2.15. The van der Waals surface area contributed by atoms with E-state index < -0.39 is 10.2 Å². The van der Waals surface area contributed by atoms with Crippen LogP contribution in [0.1, 0.15) is 6.42 Å². The number of hydrogen-bond acceptors (Lipinski definition) is 3. The average Bonchev–Trinajstić information content (AvgIpc) is 1.84. The molecule has 0 saturated heterocycles. The van der Waals surface area contributed by atoms with Crippen LogP contribution < -0.4 is 5.14 Å². The molecule has 0 saturated carbocycles. The standard InChI is InChI=1S/C6H17N3O2S/c1-8(2)5-4-6-9(3)12(7,10)11/h4-6H2,1-3H3,(H2,7,10,11). The molecule has 0 spiro atoms. The Bertz CT molecular complexity index is 213. The number of hydrogen-bond donors (Lipinski definition) is 1. The lowest BCUT2D eigenvalue weighted by Crippen LogP contribution is -2.35. The molecule has 0 atom stereocenters. The summed E-state index contributed by atoms with van der Waals surface area (Å²) in [5.41, 5.74) is 0. The molecule has 6 heteroatoms. The van der Waals surface area contributed by atoms with Crippen molar-refractivity contribution >= 4 is 10.2 Å². The van der Waals surface area contributed by atoms with Gasteiger partial charge in [-0.2, -0.15) is 12.7 Å². The summed E-state index contributed by atoms with van der Waals surface area (Å²) in [5, 5.41) is 4.88. The smallest absolute Gasteiger partial charge is 0.276 e. The molecule has 0 aliphatic heterocycles. The predicted octanol–water partition coefficient (Wildman–Crippen LogP) is -0.927. The van der Waals surface area contributed by atoms with Gasteiger partial charge in [0.25, 0.3) is 10.2 Å². The van der Waals surface area contributed by atoms with Crippen molar-refractivity contribution in [1.82, 2.24) is 9.21 Å². The summed E-state index contributed by atoms with van der Waals surface area (Å²) in [7, 11) is 1.87. The van der Waals surface area contributed by atoms with Crippen molar-refractivity contribution in [2.45, 2.75) is 6.42 Å². The largest absolute Gasteiger partial charge is 0.309 e. The predicted molar refractivity (Wildman–Crippen MR) is 48.9 cm³/mol. The van der Waals surface area contributed by atoms with Crippen molar-refractivity contribution in [3.05, 3.63) is 0 Å². The molecule has 0 aromatic rings. The molecule has 0 aromatic carbocycles. The lowest BCUT2D eigenvalue weighted by molar-refractivity contribution is 0.370. The quantitative estimate of drug-likeness (QED) is 0.616. The van der Waals surface area contributed by atoms with E-state index in [1.54, 1.807) is 0 Å². The van der Waals surface area contributed by atoms with Crippen LogP contribution in [0.15, 0.2) is 0 Å². The fourth-order valence-electron chi connectivity index (χ4n) is 0.737. The normalized spacial score (nSPS) is 12.8. The Kier molecular flexibility index (Phi) is 4.69. The SMILES string of the molecule is CN(C)CCCN(C)S(N)(=O)=O. The highest BCUT2D eigenvalue weighted by molar-refractivity contribution is 7.86. The fraction of sp³-hybridized carbons (Fsp3) is 1.00. The molecule has 0 heterocycles. The van der Waals surface area contributed by atoms with Crippen molar-refractivity contribution in [3.63, 3.8) is 0 Å². The number of nitrogens with zero attached hydrogens (tertiary/aromatic N) is 2. The van der Waals surface area contributed by atoms with Gasteiger partial charge in [0.2, 0.25) is 0 Å². The summed E-state index contributed by atoms with van der Waals surface area (Å²) in [5.74, 6) is 0. The molecule has 0 radical (unpaired) electrons. The Morgan fingerprint density at radius 2 is 1.67 bits per heavy atom. The number of nitrogens with two attached hydrogens (primary N) is 1. The highest BCUT2D eigenvalue weighted by Gasteiger charge is 2.09. The highest BCUT2D eigenvalue weighted by Crippen LogP contribution is 1.92. The summed E-state index contributed by atoms with van der Waals surface area (Å²) in [6.45, 7) is 1.33. The molecule has 2 N–H and O–H groups in total. The second-order valence-corrected chi connectivity index (χ2v) is 4.68. The highest BCUT2D eigenvalue weighted by atomic mass is 32.2. The molecule has 0 amide bonds. The van der Waals surface area contributed by atoms with Gasteiger partial charge in [-0.25, -0.2) is 5.14 Å². The molecule has 74 valence electrons. The van der Waals surface area contributed by atoms with Crippen molar-refractivity contribution in [3.8, 4) is 0 Å². The molecule has 0 aliphatic rings. The van der Waals surface area contributed by atoms with E-state index in [1.807, 2.05) is 19.0 Å². The third-order valence-corrected chi connectivity index (χ3v) is 2.56. The van der Waals surface area contributed by atoms with Crippen LogP contribution in [0.5, 0.6) is 0 Å². The summed E-state index contributed by atoms with van der Waals surface area (Å²) >= 11 is 0. The molecular weight excluding hydrogens is 178 g/mol. The molecule has 0 bridgehead atoms. The van der Waals surface area contributed by atoms with Gasteiger partial charge in [0, 0.05) is 13.6 Å². The van der Waals surface area contributed by atoms with Crippen LogP contribution in [0.4, 0.5) is 0 Å². The maximum Gasteiger partial charge on any atom is 0.276 e. The molecule has 5 nitrogen and oxygen atoms in total. The summed E-state index contributed by atoms with van der Waals surface area (Å²) in [4.78, 5) is 2.00. The van der Waals surface area contributed by atoms with Crippen molar-refractivity contribution < 1.29 is 8.42 Å². The van der Waals surface area contributed by atoms with Gasteiger partial charge in [-0.1, -0.05) is 0 Å². The maximum atomic E-state index is 10.7. The topological polar surface area (TPSA) is 66.6 Å². The molecule has 0 fully saturated rings. The molecule has 0 aliphatic carbocycles. The summed E-state index contributed by atoms with van der Waals surface area (Å²) < 4.78 is 22.5. The van der Waals surface area contributed by atoms with Gasteiger partial charge in [-0.05, 0) is 27.1 Å². The van der Waals surface area contributed by atoms with Crippen LogP contribution in [0, 0.1) is 0 Å². The van der Waals surface area contributed by atoms with E-state index >= 15 is 0 Å². The first kappa shape index (κ1) is 11.8. The molecule has 0 rings (SSSR count). The van der Waals surface area contributed by atoms with E-state index in [0.717, 1.165) is 17.3 Å². The molecule has 0 unspecified atom stereocenters. The van der Waals surface area contributed by atoms with Gasteiger partial charge in [0.1, 0.15) is 0 Å². The zero-order chi connectivity index (χ0) is 9.78. The summed E-state index contributed by atoms with van der Waals surface area (Å²) in [6, 6.07) is 0. The van der Waals surface area contributed by atoms with E-state index in [-0.39, 0.29) is 0 Å². The van der Waals surface area contributed by atoms with Gasteiger partial charge in [-0.15, -0.1) is 0 Å². The molecular formula is C6H17N3O2S. The first-order chi connectivity index (χ1) is 5.34. The second-order valence-electron chi connectivity index (χ2n) is 3.02. The first-order valence-electron chi connectivity index (χ1n) is 3.73. The van der Waals surface area contributed by atoms with Gasteiger partial charge in [0.15, 0.2) is 0 Å². The Morgan fingerprint density at radius 1 is 1.17 bits per heavy atom. The zero-order valence-electron chi connectivity index (χ0n) is 7.82. The van der Waals surface area contributed by atoms with Crippen LogP contribution in [0.25, 0.3) is 0 Å². The lowest BCUT2D eigenvalue weighted by atomic mass is 10.4. The van der Waals surface area contributed by atoms with Gasteiger partial charge in [-0.3, -0.25) is 0 Å². The molecule has 0 aromatic heterocycles. The Hall–Kier alpha value is -0.170. The van der Waals surface area contributed by atoms with Crippen LogP contribution in [0.3, 0.4) is 0 Å². The van der Waals surface area contributed by atoms with Gasteiger partial charge < -0.3 is 4.90 Å². The molecule has 12 heavy (non-hydrogen) atoms. The third kappa shape index (κ3) is 5.48. The number of rotatable bonds is 5. The van der Waals surface area contributed by atoms with E-state index in [0.29, 0.717) is 6.54 Å². The van der Waals surface area contributed by atoms with Crippen LogP contribution in [-0.2, 0) is 10.2 Å². The fourth-order valence-corrected chi connectivity index (χ4v) is 1.12. The van der Waals surface area contributed by atoms with Crippen LogP contribution in [0.2, 0.25) is 0 Å². The monoisotopic (exact) mass is 195 g/mol. The third-order valence-electron chi connectivity index (χ3n) is 1.51. The Morgan fingerprint density at radius 3 is 2.00 bits per heavy atom. The second kappa shape index (κ2) is 4.76.